The minimum Gasteiger partial charge on any atom is -0.466 e. The highest BCUT2D eigenvalue weighted by Crippen LogP contribution is 2.25. The zero-order valence-electron chi connectivity index (χ0n) is 12.5. The van der Waals surface area contributed by atoms with E-state index in [0.29, 0.717) is 19.6 Å². The van der Waals surface area contributed by atoms with Crippen molar-refractivity contribution in [3.05, 3.63) is 0 Å². The molecule has 1 aliphatic rings. The predicted molar refractivity (Wildman–Crippen MR) is 71.7 cm³/mol. The molecule has 0 bridgehead atoms. The molecule has 6 heteroatoms. The highest BCUT2D eigenvalue weighted by molar-refractivity contribution is 5.74. The summed E-state index contributed by atoms with van der Waals surface area (Å²) in [6, 6.07) is 2.09. The number of piperidine rings is 1. The van der Waals surface area contributed by atoms with Crippen LogP contribution in [0.3, 0.4) is 0 Å². The van der Waals surface area contributed by atoms with Crippen molar-refractivity contribution in [2.45, 2.75) is 39.7 Å². The molecule has 0 aromatic heterocycles. The van der Waals surface area contributed by atoms with Crippen LogP contribution in [0.2, 0.25) is 0 Å². The van der Waals surface area contributed by atoms with E-state index < -0.39 is 23.5 Å². The molecule has 2 atom stereocenters. The third-order valence-electron chi connectivity index (χ3n) is 3.02. The molecule has 0 radical (unpaired) electrons. The summed E-state index contributed by atoms with van der Waals surface area (Å²) in [6.45, 7) is 8.00. The third-order valence-corrected chi connectivity index (χ3v) is 3.02. The Hall–Kier alpha value is -1.77. The van der Waals surface area contributed by atoms with Crippen molar-refractivity contribution >= 4 is 12.1 Å². The van der Waals surface area contributed by atoms with Gasteiger partial charge < -0.3 is 14.4 Å². The summed E-state index contributed by atoms with van der Waals surface area (Å²) in [5, 5.41) is 9.17. The second kappa shape index (κ2) is 6.60. The molecule has 0 saturated carbocycles. The summed E-state index contributed by atoms with van der Waals surface area (Å²) in [5.74, 6) is -1.36. The third kappa shape index (κ3) is 4.41. The van der Waals surface area contributed by atoms with Gasteiger partial charge in [0.15, 0.2) is 0 Å². The molecule has 0 aromatic rings. The predicted octanol–water partition coefficient (Wildman–Crippen LogP) is 1.95. The van der Waals surface area contributed by atoms with Crippen LogP contribution in [-0.2, 0) is 14.3 Å². The van der Waals surface area contributed by atoms with Crippen LogP contribution in [-0.4, -0.2) is 42.3 Å². The lowest BCUT2D eigenvalue weighted by atomic mass is 9.86. The molecule has 1 aliphatic heterocycles. The smallest absolute Gasteiger partial charge is 0.410 e. The van der Waals surface area contributed by atoms with E-state index in [1.54, 1.807) is 27.7 Å². The molecule has 1 saturated heterocycles. The molecule has 0 aliphatic carbocycles. The Kier molecular flexibility index (Phi) is 5.37. The van der Waals surface area contributed by atoms with E-state index in [4.69, 9.17) is 9.47 Å². The summed E-state index contributed by atoms with van der Waals surface area (Å²) in [5.41, 5.74) is -0.572. The first-order valence-electron chi connectivity index (χ1n) is 6.82. The summed E-state index contributed by atoms with van der Waals surface area (Å²) in [4.78, 5) is 25.2. The van der Waals surface area contributed by atoms with Gasteiger partial charge in [-0.3, -0.25) is 4.79 Å². The van der Waals surface area contributed by atoms with Gasteiger partial charge in [0.05, 0.1) is 24.5 Å². The van der Waals surface area contributed by atoms with Gasteiger partial charge >= 0.3 is 12.1 Å². The van der Waals surface area contributed by atoms with Gasteiger partial charge in [0, 0.05) is 13.1 Å². The van der Waals surface area contributed by atoms with Crippen molar-refractivity contribution in [3.63, 3.8) is 0 Å². The van der Waals surface area contributed by atoms with E-state index in [1.165, 1.54) is 4.90 Å². The van der Waals surface area contributed by atoms with Crippen LogP contribution in [0.25, 0.3) is 0 Å². The maximum absolute atomic E-state index is 12.0. The van der Waals surface area contributed by atoms with Crippen LogP contribution in [0.4, 0.5) is 4.79 Å². The normalized spacial score (nSPS) is 22.9. The van der Waals surface area contributed by atoms with Gasteiger partial charge in [-0.25, -0.2) is 4.79 Å². The first-order valence-corrected chi connectivity index (χ1v) is 6.82. The van der Waals surface area contributed by atoms with E-state index in [2.05, 4.69) is 6.07 Å². The van der Waals surface area contributed by atoms with E-state index >= 15 is 0 Å². The fraction of sp³-hybridized carbons (Fsp3) is 0.786. The highest BCUT2D eigenvalue weighted by atomic mass is 16.6. The van der Waals surface area contributed by atoms with Crippen LogP contribution in [0.1, 0.15) is 34.1 Å². The lowest BCUT2D eigenvalue weighted by molar-refractivity contribution is -0.151. The Morgan fingerprint density at radius 1 is 1.40 bits per heavy atom. The Morgan fingerprint density at radius 2 is 2.05 bits per heavy atom. The second-order valence-electron chi connectivity index (χ2n) is 5.81. The molecule has 20 heavy (non-hydrogen) atoms. The van der Waals surface area contributed by atoms with Crippen LogP contribution < -0.4 is 0 Å². The van der Waals surface area contributed by atoms with Crippen molar-refractivity contribution in [1.29, 1.82) is 5.26 Å². The molecular formula is C14H22N2O4. The van der Waals surface area contributed by atoms with E-state index in [-0.39, 0.29) is 12.5 Å². The van der Waals surface area contributed by atoms with Gasteiger partial charge in [-0.05, 0) is 34.1 Å². The van der Waals surface area contributed by atoms with Gasteiger partial charge in [0.25, 0.3) is 0 Å². The minimum atomic E-state index is -0.572. The van der Waals surface area contributed by atoms with Crippen LogP contribution in [0.5, 0.6) is 0 Å². The molecule has 1 heterocycles. The molecule has 1 rings (SSSR count). The first kappa shape index (κ1) is 16.3. The Bertz CT molecular complexity index is 408. The standard InChI is InChI=1S/C14H22N2O4/c1-5-19-12(17)11-6-7-16(9-10(11)8-15)13(18)20-14(2,3)4/h10-11H,5-7,9H2,1-4H3/t10-,11+/m1/s1. The fourth-order valence-corrected chi connectivity index (χ4v) is 2.11. The number of rotatable bonds is 2. The van der Waals surface area contributed by atoms with Gasteiger partial charge in [0.2, 0.25) is 0 Å². The molecule has 0 aromatic carbocycles. The maximum atomic E-state index is 12.0. The SMILES string of the molecule is CCOC(=O)[C@H]1CCN(C(=O)OC(C)(C)C)C[C@H]1C#N. The molecular weight excluding hydrogens is 260 g/mol. The monoisotopic (exact) mass is 282 g/mol. The van der Waals surface area contributed by atoms with E-state index in [1.807, 2.05) is 0 Å². The largest absolute Gasteiger partial charge is 0.466 e. The van der Waals surface area contributed by atoms with Crippen molar-refractivity contribution in [2.75, 3.05) is 19.7 Å². The average molecular weight is 282 g/mol. The number of hydrogen-bond acceptors (Lipinski definition) is 5. The van der Waals surface area contributed by atoms with Crippen LogP contribution >= 0.6 is 0 Å². The van der Waals surface area contributed by atoms with Gasteiger partial charge in [0.1, 0.15) is 5.60 Å². The zero-order valence-corrected chi connectivity index (χ0v) is 12.5. The number of amides is 1. The highest BCUT2D eigenvalue weighted by Gasteiger charge is 2.38. The van der Waals surface area contributed by atoms with Crippen molar-refractivity contribution in [2.24, 2.45) is 11.8 Å². The zero-order chi connectivity index (χ0) is 15.3. The Labute approximate surface area is 119 Å². The maximum Gasteiger partial charge on any atom is 0.410 e. The number of nitriles is 1. The topological polar surface area (TPSA) is 79.6 Å². The van der Waals surface area contributed by atoms with E-state index in [0.717, 1.165) is 0 Å². The number of carbonyl (C=O) groups is 2. The summed E-state index contributed by atoms with van der Waals surface area (Å²) >= 11 is 0. The number of hydrogen-bond donors (Lipinski definition) is 0. The number of esters is 1. The molecule has 1 fully saturated rings. The van der Waals surface area contributed by atoms with Crippen molar-refractivity contribution in [1.82, 2.24) is 4.90 Å². The molecule has 0 spiro atoms. The van der Waals surface area contributed by atoms with E-state index in [9.17, 15) is 14.9 Å². The van der Waals surface area contributed by atoms with Gasteiger partial charge in [-0.2, -0.15) is 5.26 Å². The summed E-state index contributed by atoms with van der Waals surface area (Å²) in [7, 11) is 0. The Balaban J connectivity index is 2.66. The molecule has 0 N–H and O–H groups in total. The minimum absolute atomic E-state index is 0.203. The van der Waals surface area contributed by atoms with Crippen molar-refractivity contribution < 1.29 is 19.1 Å². The van der Waals surface area contributed by atoms with Crippen molar-refractivity contribution in [3.8, 4) is 6.07 Å². The van der Waals surface area contributed by atoms with Gasteiger partial charge in [-0.15, -0.1) is 0 Å². The number of nitrogens with zero attached hydrogens (tertiary/aromatic N) is 2. The summed E-state index contributed by atoms with van der Waals surface area (Å²) < 4.78 is 10.2. The molecule has 6 nitrogen and oxygen atoms in total. The fourth-order valence-electron chi connectivity index (χ4n) is 2.11. The van der Waals surface area contributed by atoms with Gasteiger partial charge in [-0.1, -0.05) is 0 Å². The second-order valence-corrected chi connectivity index (χ2v) is 5.81. The number of likely N-dealkylation sites (tertiary alicyclic amines) is 1. The van der Waals surface area contributed by atoms with Crippen LogP contribution in [0, 0.1) is 23.2 Å². The lowest BCUT2D eigenvalue weighted by Crippen LogP contribution is -2.47. The molecule has 112 valence electrons. The first-order chi connectivity index (χ1) is 9.28. The summed E-state index contributed by atoms with van der Waals surface area (Å²) in [6.07, 6.45) is -0.0175. The number of ether oxygens (including phenoxy) is 2. The van der Waals surface area contributed by atoms with Crippen LogP contribution in [0.15, 0.2) is 0 Å². The Morgan fingerprint density at radius 3 is 2.55 bits per heavy atom. The average Bonchev–Trinajstić information content (AvgIpc) is 2.36. The number of carbonyl (C=O) groups excluding carboxylic acids is 2. The molecule has 1 amide bonds. The quantitative estimate of drug-likeness (QED) is 0.723. The lowest BCUT2D eigenvalue weighted by Gasteiger charge is -2.35. The molecule has 0 unspecified atom stereocenters.